The highest BCUT2D eigenvalue weighted by atomic mass is 32.1. The van der Waals surface area contributed by atoms with Crippen molar-refractivity contribution in [3.8, 4) is 0 Å². The number of rotatable bonds is 5. The Morgan fingerprint density at radius 3 is 3.05 bits per heavy atom. The first-order valence-electron chi connectivity index (χ1n) is 6.08. The molecule has 2 rings (SSSR count). The quantitative estimate of drug-likeness (QED) is 0.651. The van der Waals surface area contributed by atoms with Gasteiger partial charge in [0.2, 0.25) is 0 Å². The van der Waals surface area contributed by atoms with Crippen LogP contribution in [-0.2, 0) is 4.74 Å². The Kier molecular flexibility index (Phi) is 4.76. The average molecular weight is 276 g/mol. The summed E-state index contributed by atoms with van der Waals surface area (Å²) in [4.78, 5) is 16.9. The van der Waals surface area contributed by atoms with E-state index in [0.717, 1.165) is 17.3 Å². The van der Waals surface area contributed by atoms with Crippen LogP contribution in [0.5, 0.6) is 0 Å². The molecule has 0 saturated heterocycles. The lowest BCUT2D eigenvalue weighted by molar-refractivity contribution is 0.0946. The Labute approximate surface area is 117 Å². The molecule has 4 nitrogen and oxygen atoms in total. The molecule has 0 bridgehead atoms. The Bertz CT molecular complexity index is 587. The molecule has 0 aliphatic carbocycles. The molecular formula is C14H16N2O2S. The minimum absolute atomic E-state index is 0.131. The van der Waals surface area contributed by atoms with E-state index in [2.05, 4.69) is 22.9 Å². The van der Waals surface area contributed by atoms with Gasteiger partial charge in [0, 0.05) is 36.7 Å². The smallest absolute Gasteiger partial charge is 0.252 e. The third kappa shape index (κ3) is 3.24. The van der Waals surface area contributed by atoms with Gasteiger partial charge >= 0.3 is 0 Å². The molecule has 19 heavy (non-hydrogen) atoms. The lowest BCUT2D eigenvalue weighted by atomic mass is 10.1. The Morgan fingerprint density at radius 2 is 2.26 bits per heavy atom. The maximum Gasteiger partial charge on any atom is 0.252 e. The van der Waals surface area contributed by atoms with Gasteiger partial charge in [-0.1, -0.05) is 12.1 Å². The van der Waals surface area contributed by atoms with E-state index >= 15 is 0 Å². The van der Waals surface area contributed by atoms with Crippen LogP contribution in [0.4, 0.5) is 0 Å². The number of nitrogens with one attached hydrogen (secondary N) is 1. The highest BCUT2D eigenvalue weighted by Crippen LogP contribution is 2.23. The van der Waals surface area contributed by atoms with E-state index in [4.69, 9.17) is 4.74 Å². The van der Waals surface area contributed by atoms with Crippen LogP contribution in [0.2, 0.25) is 0 Å². The van der Waals surface area contributed by atoms with Crippen molar-refractivity contribution in [2.75, 3.05) is 20.3 Å². The third-order valence-corrected chi connectivity index (χ3v) is 3.26. The summed E-state index contributed by atoms with van der Waals surface area (Å²) < 4.78 is 4.93. The molecule has 0 radical (unpaired) electrons. The zero-order chi connectivity index (χ0) is 13.7. The minimum Gasteiger partial charge on any atom is -0.385 e. The fourth-order valence-electron chi connectivity index (χ4n) is 1.83. The Hall–Kier alpha value is -1.59. The van der Waals surface area contributed by atoms with Gasteiger partial charge in [0.1, 0.15) is 0 Å². The van der Waals surface area contributed by atoms with Gasteiger partial charge in [-0.25, -0.2) is 0 Å². The number of thiol groups is 1. The monoisotopic (exact) mass is 276 g/mol. The Balaban J connectivity index is 2.16. The van der Waals surface area contributed by atoms with E-state index in [-0.39, 0.29) is 5.91 Å². The predicted octanol–water partition coefficient (Wildman–Crippen LogP) is 2.29. The summed E-state index contributed by atoms with van der Waals surface area (Å²) in [6, 6.07) is 7.46. The number of carbonyl (C=O) groups is 1. The number of amides is 1. The molecule has 0 spiro atoms. The number of fused-ring (bicyclic) bond motifs is 1. The van der Waals surface area contributed by atoms with Crippen LogP contribution in [0.15, 0.2) is 35.4 Å². The van der Waals surface area contributed by atoms with Gasteiger partial charge in [-0.15, -0.1) is 12.6 Å². The van der Waals surface area contributed by atoms with E-state index < -0.39 is 0 Å². The molecule has 1 aromatic carbocycles. The van der Waals surface area contributed by atoms with Crippen LogP contribution >= 0.6 is 12.6 Å². The maximum absolute atomic E-state index is 12.0. The lowest BCUT2D eigenvalue weighted by Crippen LogP contribution is -2.25. The number of methoxy groups -OCH3 is 1. The molecule has 0 aliphatic heterocycles. The summed E-state index contributed by atoms with van der Waals surface area (Å²) in [7, 11) is 1.64. The topological polar surface area (TPSA) is 51.2 Å². The molecule has 2 aromatic rings. The number of hydrogen-bond donors (Lipinski definition) is 2. The van der Waals surface area contributed by atoms with Crippen LogP contribution < -0.4 is 5.32 Å². The number of pyridine rings is 1. The first-order valence-corrected chi connectivity index (χ1v) is 6.52. The number of nitrogens with zero attached hydrogens (tertiary/aromatic N) is 1. The van der Waals surface area contributed by atoms with Crippen molar-refractivity contribution >= 4 is 29.4 Å². The first kappa shape index (κ1) is 13.8. The molecule has 0 atom stereocenters. The molecule has 1 N–H and O–H groups in total. The number of aromatic nitrogens is 1. The van der Waals surface area contributed by atoms with Crippen molar-refractivity contribution in [3.05, 3.63) is 36.0 Å². The molecule has 0 aliphatic rings. The van der Waals surface area contributed by atoms with E-state index in [9.17, 15) is 4.79 Å². The molecule has 1 aromatic heterocycles. The molecule has 100 valence electrons. The molecule has 0 fully saturated rings. The normalized spacial score (nSPS) is 10.6. The van der Waals surface area contributed by atoms with Crippen LogP contribution in [-0.4, -0.2) is 31.2 Å². The van der Waals surface area contributed by atoms with Crippen molar-refractivity contribution in [2.24, 2.45) is 0 Å². The second kappa shape index (κ2) is 6.54. The molecule has 1 amide bonds. The molecule has 0 saturated carbocycles. The highest BCUT2D eigenvalue weighted by Gasteiger charge is 2.12. The summed E-state index contributed by atoms with van der Waals surface area (Å²) >= 11 is 4.42. The predicted molar refractivity (Wildman–Crippen MR) is 77.8 cm³/mol. The summed E-state index contributed by atoms with van der Waals surface area (Å²) in [5, 5.41) is 3.82. The van der Waals surface area contributed by atoms with E-state index in [1.807, 2.05) is 18.2 Å². The van der Waals surface area contributed by atoms with E-state index in [1.165, 1.54) is 0 Å². The standard InChI is InChI=1S/C14H16N2O2S/c1-18-9-3-8-16-14(17)11-6-5-10-4-2-7-15-12(10)13(11)19/h2,4-7,19H,3,8-9H2,1H3,(H,16,17). The zero-order valence-corrected chi connectivity index (χ0v) is 11.6. The van der Waals surface area contributed by atoms with Gasteiger partial charge in [-0.3, -0.25) is 9.78 Å². The fourth-order valence-corrected chi connectivity index (χ4v) is 2.19. The van der Waals surface area contributed by atoms with Crippen molar-refractivity contribution < 1.29 is 9.53 Å². The maximum atomic E-state index is 12.0. The van der Waals surface area contributed by atoms with Gasteiger partial charge in [-0.2, -0.15) is 0 Å². The van der Waals surface area contributed by atoms with Crippen LogP contribution in [0.25, 0.3) is 10.9 Å². The van der Waals surface area contributed by atoms with Crippen molar-refractivity contribution in [1.82, 2.24) is 10.3 Å². The second-order valence-corrected chi connectivity index (χ2v) is 4.59. The third-order valence-electron chi connectivity index (χ3n) is 2.80. The fraction of sp³-hybridized carbons (Fsp3) is 0.286. The molecule has 5 heteroatoms. The lowest BCUT2D eigenvalue weighted by Gasteiger charge is -2.08. The van der Waals surface area contributed by atoms with Gasteiger partial charge < -0.3 is 10.1 Å². The summed E-state index contributed by atoms with van der Waals surface area (Å²) in [5.41, 5.74) is 1.29. The zero-order valence-electron chi connectivity index (χ0n) is 10.7. The number of carbonyl (C=O) groups excluding carboxylic acids is 1. The van der Waals surface area contributed by atoms with E-state index in [0.29, 0.717) is 23.6 Å². The number of benzene rings is 1. The number of hydrogen-bond acceptors (Lipinski definition) is 4. The summed E-state index contributed by atoms with van der Waals surface area (Å²) in [5.74, 6) is -0.131. The number of ether oxygens (including phenoxy) is 1. The van der Waals surface area contributed by atoms with Crippen molar-refractivity contribution in [2.45, 2.75) is 11.3 Å². The van der Waals surface area contributed by atoms with Crippen LogP contribution in [0.3, 0.4) is 0 Å². The highest BCUT2D eigenvalue weighted by molar-refractivity contribution is 7.80. The largest absolute Gasteiger partial charge is 0.385 e. The van der Waals surface area contributed by atoms with Crippen molar-refractivity contribution in [3.63, 3.8) is 0 Å². The van der Waals surface area contributed by atoms with Gasteiger partial charge in [0.05, 0.1) is 11.1 Å². The second-order valence-electron chi connectivity index (χ2n) is 4.14. The molecule has 1 heterocycles. The summed E-state index contributed by atoms with van der Waals surface area (Å²) in [6.45, 7) is 1.22. The van der Waals surface area contributed by atoms with Gasteiger partial charge in [0.15, 0.2) is 0 Å². The van der Waals surface area contributed by atoms with Crippen molar-refractivity contribution in [1.29, 1.82) is 0 Å². The molecular weight excluding hydrogens is 260 g/mol. The van der Waals surface area contributed by atoms with Gasteiger partial charge in [0.25, 0.3) is 5.91 Å². The van der Waals surface area contributed by atoms with E-state index in [1.54, 1.807) is 19.4 Å². The Morgan fingerprint density at radius 1 is 1.42 bits per heavy atom. The van der Waals surface area contributed by atoms with Crippen LogP contribution in [0.1, 0.15) is 16.8 Å². The first-order chi connectivity index (χ1) is 9.24. The SMILES string of the molecule is COCCCNC(=O)c1ccc2cccnc2c1S. The minimum atomic E-state index is -0.131. The average Bonchev–Trinajstić information content (AvgIpc) is 2.44. The molecule has 0 unspecified atom stereocenters. The summed E-state index contributed by atoms with van der Waals surface area (Å²) in [6.07, 6.45) is 2.48. The van der Waals surface area contributed by atoms with Crippen LogP contribution in [0, 0.1) is 0 Å². The van der Waals surface area contributed by atoms with Gasteiger partial charge in [-0.05, 0) is 18.6 Å².